The molecule has 2 aliphatic heterocycles. The molecule has 6 nitrogen and oxygen atoms in total. The minimum atomic E-state index is -0.890. The zero-order chi connectivity index (χ0) is 14.7. The van der Waals surface area contributed by atoms with E-state index in [-0.39, 0.29) is 18.4 Å². The highest BCUT2D eigenvalue weighted by Gasteiger charge is 2.40. The van der Waals surface area contributed by atoms with Crippen LogP contribution >= 0.6 is 12.2 Å². The second kappa shape index (κ2) is 6.21. The van der Waals surface area contributed by atoms with E-state index in [0.29, 0.717) is 24.7 Å². The second-order valence-electron chi connectivity index (χ2n) is 5.15. The SMILES string of the molecule is C=CCNC(=S)N1CCC(N2CC(C(=O)O)CC2=O)C1. The molecule has 2 heterocycles. The smallest absolute Gasteiger partial charge is 0.308 e. The number of carbonyl (C=O) groups excluding carboxylic acids is 1. The molecule has 2 rings (SSSR count). The number of amides is 1. The van der Waals surface area contributed by atoms with Crippen LogP contribution in [0, 0.1) is 5.92 Å². The molecular formula is C13H19N3O3S. The topological polar surface area (TPSA) is 72.9 Å². The lowest BCUT2D eigenvalue weighted by Crippen LogP contribution is -2.42. The van der Waals surface area contributed by atoms with Crippen LogP contribution in [0.5, 0.6) is 0 Å². The lowest BCUT2D eigenvalue weighted by Gasteiger charge is -2.25. The maximum Gasteiger partial charge on any atom is 0.308 e. The van der Waals surface area contributed by atoms with Gasteiger partial charge in [0.05, 0.1) is 12.0 Å². The average Bonchev–Trinajstić information content (AvgIpc) is 3.02. The lowest BCUT2D eigenvalue weighted by atomic mass is 10.1. The Morgan fingerprint density at radius 1 is 1.55 bits per heavy atom. The third kappa shape index (κ3) is 3.09. The van der Waals surface area contributed by atoms with Crippen molar-refractivity contribution >= 4 is 29.2 Å². The number of thiocarbonyl (C=S) groups is 1. The van der Waals surface area contributed by atoms with E-state index in [0.717, 1.165) is 13.0 Å². The van der Waals surface area contributed by atoms with Crippen LogP contribution in [0.3, 0.4) is 0 Å². The molecule has 0 saturated carbocycles. The fourth-order valence-corrected chi connectivity index (χ4v) is 2.95. The Bertz CT molecular complexity index is 441. The number of hydrogen-bond acceptors (Lipinski definition) is 3. The first-order valence-electron chi connectivity index (χ1n) is 6.69. The number of likely N-dealkylation sites (tertiary alicyclic amines) is 2. The summed E-state index contributed by atoms with van der Waals surface area (Å²) in [6.45, 7) is 6.01. The molecule has 2 aliphatic rings. The highest BCUT2D eigenvalue weighted by atomic mass is 32.1. The third-order valence-electron chi connectivity index (χ3n) is 3.80. The zero-order valence-corrected chi connectivity index (χ0v) is 12.1. The van der Waals surface area contributed by atoms with Gasteiger partial charge >= 0.3 is 5.97 Å². The fourth-order valence-electron chi connectivity index (χ4n) is 2.70. The number of hydrogen-bond donors (Lipinski definition) is 2. The number of aliphatic carboxylic acids is 1. The quantitative estimate of drug-likeness (QED) is 0.564. The van der Waals surface area contributed by atoms with Crippen LogP contribution in [0.4, 0.5) is 0 Å². The monoisotopic (exact) mass is 297 g/mol. The van der Waals surface area contributed by atoms with E-state index >= 15 is 0 Å². The van der Waals surface area contributed by atoms with Crippen LogP contribution in [0.2, 0.25) is 0 Å². The van der Waals surface area contributed by atoms with Gasteiger partial charge < -0.3 is 20.2 Å². The van der Waals surface area contributed by atoms with Crippen LogP contribution in [0.1, 0.15) is 12.8 Å². The Morgan fingerprint density at radius 2 is 2.30 bits per heavy atom. The number of carbonyl (C=O) groups is 2. The largest absolute Gasteiger partial charge is 0.481 e. The maximum absolute atomic E-state index is 11.9. The van der Waals surface area contributed by atoms with Crippen molar-refractivity contribution in [2.75, 3.05) is 26.2 Å². The van der Waals surface area contributed by atoms with Crippen molar-refractivity contribution in [2.45, 2.75) is 18.9 Å². The summed E-state index contributed by atoms with van der Waals surface area (Å²) in [4.78, 5) is 26.6. The summed E-state index contributed by atoms with van der Waals surface area (Å²) in [6.07, 6.45) is 2.68. The summed E-state index contributed by atoms with van der Waals surface area (Å²) >= 11 is 5.27. The summed E-state index contributed by atoms with van der Waals surface area (Å²) in [6, 6.07) is 0.0651. The number of carboxylic acids is 1. The third-order valence-corrected chi connectivity index (χ3v) is 4.20. The summed E-state index contributed by atoms with van der Waals surface area (Å²) < 4.78 is 0. The van der Waals surface area contributed by atoms with Gasteiger partial charge in [0.25, 0.3) is 0 Å². The highest BCUT2D eigenvalue weighted by Crippen LogP contribution is 2.25. The molecule has 7 heteroatoms. The number of rotatable bonds is 4. The van der Waals surface area contributed by atoms with E-state index < -0.39 is 11.9 Å². The lowest BCUT2D eigenvalue weighted by molar-refractivity contribution is -0.141. The minimum absolute atomic E-state index is 0.0609. The van der Waals surface area contributed by atoms with Crippen molar-refractivity contribution in [1.29, 1.82) is 0 Å². The first-order chi connectivity index (χ1) is 9.52. The van der Waals surface area contributed by atoms with E-state index in [4.69, 9.17) is 17.3 Å². The fraction of sp³-hybridized carbons (Fsp3) is 0.615. The molecule has 0 aromatic heterocycles. The normalized spacial score (nSPS) is 25.9. The van der Waals surface area contributed by atoms with Crippen LogP contribution in [-0.4, -0.2) is 64.1 Å². The zero-order valence-electron chi connectivity index (χ0n) is 11.2. The van der Waals surface area contributed by atoms with E-state index in [1.165, 1.54) is 0 Å². The van der Waals surface area contributed by atoms with Crippen molar-refractivity contribution in [1.82, 2.24) is 15.1 Å². The second-order valence-corrected chi connectivity index (χ2v) is 5.54. The summed E-state index contributed by atoms with van der Waals surface area (Å²) in [7, 11) is 0. The molecule has 20 heavy (non-hydrogen) atoms. The van der Waals surface area contributed by atoms with Crippen molar-refractivity contribution in [2.24, 2.45) is 5.92 Å². The van der Waals surface area contributed by atoms with Gasteiger partial charge in [-0.15, -0.1) is 6.58 Å². The average molecular weight is 297 g/mol. The summed E-state index contributed by atoms with van der Waals surface area (Å²) in [5.41, 5.74) is 0. The van der Waals surface area contributed by atoms with E-state index in [1.807, 2.05) is 4.90 Å². The van der Waals surface area contributed by atoms with Gasteiger partial charge in [-0.3, -0.25) is 9.59 Å². The number of nitrogens with zero attached hydrogens (tertiary/aromatic N) is 2. The van der Waals surface area contributed by atoms with Crippen LogP contribution < -0.4 is 5.32 Å². The first kappa shape index (κ1) is 14.8. The van der Waals surface area contributed by atoms with Gasteiger partial charge in [-0.1, -0.05) is 6.08 Å². The number of nitrogens with one attached hydrogen (secondary N) is 1. The van der Waals surface area contributed by atoms with Gasteiger partial charge in [-0.25, -0.2) is 0 Å². The molecule has 0 spiro atoms. The van der Waals surface area contributed by atoms with Crippen molar-refractivity contribution in [3.05, 3.63) is 12.7 Å². The Balaban J connectivity index is 1.89. The molecule has 2 atom stereocenters. The van der Waals surface area contributed by atoms with Crippen molar-refractivity contribution in [3.8, 4) is 0 Å². The molecule has 2 saturated heterocycles. The van der Waals surface area contributed by atoms with Gasteiger partial charge in [0.15, 0.2) is 5.11 Å². The van der Waals surface area contributed by atoms with E-state index in [1.54, 1.807) is 11.0 Å². The molecule has 2 unspecified atom stereocenters. The van der Waals surface area contributed by atoms with E-state index in [2.05, 4.69) is 11.9 Å². The van der Waals surface area contributed by atoms with Gasteiger partial charge in [0, 0.05) is 32.6 Å². The molecule has 0 bridgehead atoms. The van der Waals surface area contributed by atoms with E-state index in [9.17, 15) is 9.59 Å². The predicted octanol–water partition coefficient (Wildman–Crippen LogP) is 0.0543. The number of carboxylic acid groups (broad SMARTS) is 1. The van der Waals surface area contributed by atoms with Crippen molar-refractivity contribution < 1.29 is 14.7 Å². The molecule has 110 valence electrons. The van der Waals surface area contributed by atoms with Crippen LogP contribution in [-0.2, 0) is 9.59 Å². The first-order valence-corrected chi connectivity index (χ1v) is 7.09. The van der Waals surface area contributed by atoms with Gasteiger partial charge in [0.2, 0.25) is 5.91 Å². The molecule has 0 aromatic rings. The summed E-state index contributed by atoms with van der Waals surface area (Å²) in [5, 5.41) is 12.7. The van der Waals surface area contributed by atoms with Crippen LogP contribution in [0.25, 0.3) is 0 Å². The molecule has 2 N–H and O–H groups in total. The Labute approximate surface area is 123 Å². The van der Waals surface area contributed by atoms with Gasteiger partial charge in [-0.2, -0.15) is 0 Å². The Kier molecular flexibility index (Phi) is 4.59. The molecule has 0 radical (unpaired) electrons. The standard InChI is InChI=1S/C13H19N3O3S/c1-2-4-14-13(20)15-5-3-10(8-15)16-7-9(12(18)19)6-11(16)17/h2,9-10H,1,3-8H2,(H,14,20)(H,18,19). The van der Waals surface area contributed by atoms with Crippen LogP contribution in [0.15, 0.2) is 12.7 Å². The van der Waals surface area contributed by atoms with Gasteiger partial charge in [0.1, 0.15) is 0 Å². The maximum atomic E-state index is 11.9. The predicted molar refractivity (Wildman–Crippen MR) is 78.2 cm³/mol. The molecule has 0 aromatic carbocycles. The Morgan fingerprint density at radius 3 is 2.90 bits per heavy atom. The highest BCUT2D eigenvalue weighted by molar-refractivity contribution is 7.80. The van der Waals surface area contributed by atoms with Crippen molar-refractivity contribution in [3.63, 3.8) is 0 Å². The molecule has 1 amide bonds. The molecule has 2 fully saturated rings. The molecule has 0 aliphatic carbocycles. The summed E-state index contributed by atoms with van der Waals surface area (Å²) in [5.74, 6) is -1.52. The molecular weight excluding hydrogens is 278 g/mol. The minimum Gasteiger partial charge on any atom is -0.481 e. The van der Waals surface area contributed by atoms with Gasteiger partial charge in [-0.05, 0) is 18.6 Å². The Hall–Kier alpha value is -1.63.